The molecule has 0 aliphatic carbocycles. The molecule has 0 aromatic heterocycles. The second-order valence-corrected chi connectivity index (χ2v) is 6.10. The summed E-state index contributed by atoms with van der Waals surface area (Å²) in [7, 11) is 0. The number of nitrogens with one attached hydrogen (secondary N) is 2. The summed E-state index contributed by atoms with van der Waals surface area (Å²) < 4.78 is 0. The van der Waals surface area contributed by atoms with Gasteiger partial charge in [-0.15, -0.1) is 0 Å². The number of nitrogens with zero attached hydrogens (tertiary/aromatic N) is 1. The van der Waals surface area contributed by atoms with Gasteiger partial charge in [0.1, 0.15) is 0 Å². The molecule has 144 valence electrons. The van der Waals surface area contributed by atoms with Gasteiger partial charge in [-0.3, -0.25) is 19.7 Å². The second kappa shape index (κ2) is 10.7. The van der Waals surface area contributed by atoms with Crippen LogP contribution in [0.2, 0.25) is 0 Å². The van der Waals surface area contributed by atoms with Crippen molar-refractivity contribution in [3.63, 3.8) is 0 Å². The maximum Gasteiger partial charge on any atom is 0.235 e. The molecular weight excluding hydrogens is 346 g/mol. The fourth-order valence-electron chi connectivity index (χ4n) is 2.30. The van der Waals surface area contributed by atoms with Crippen LogP contribution < -0.4 is 10.6 Å². The van der Waals surface area contributed by atoms with Crippen LogP contribution in [0.3, 0.4) is 0 Å². The number of nitro groups is 1. The minimum atomic E-state index is -0.726. The van der Waals surface area contributed by atoms with Crippen LogP contribution in [0.25, 0.3) is 0 Å². The zero-order valence-electron chi connectivity index (χ0n) is 15.9. The van der Waals surface area contributed by atoms with Crippen molar-refractivity contribution in [1.29, 1.82) is 0 Å². The highest BCUT2D eigenvalue weighted by Crippen LogP contribution is 2.18. The lowest BCUT2D eigenvalue weighted by molar-refractivity contribution is -0.524. The van der Waals surface area contributed by atoms with E-state index in [0.29, 0.717) is 11.3 Å². The summed E-state index contributed by atoms with van der Waals surface area (Å²) in [4.78, 5) is 31.6. The normalized spacial score (nSPS) is 12.0. The van der Waals surface area contributed by atoms with Gasteiger partial charge >= 0.3 is 0 Å². The van der Waals surface area contributed by atoms with E-state index < -0.39 is 6.04 Å². The fraction of sp³-hybridized carbons (Fsp3) is 0.300. The minimum Gasteiger partial charge on any atom is -0.350 e. The van der Waals surface area contributed by atoms with E-state index in [4.69, 9.17) is 0 Å². The number of rotatable bonds is 5. The summed E-state index contributed by atoms with van der Waals surface area (Å²) in [6.45, 7) is 6.43. The molecule has 0 radical (unpaired) electrons. The first-order valence-electron chi connectivity index (χ1n) is 8.53. The molecule has 2 atom stereocenters. The Bertz CT molecular complexity index is 761. The third-order valence-electron chi connectivity index (χ3n) is 3.75. The SMILES string of the molecule is CC(=O)NC(C)c1ccccc1.CC(=O)Nc1ccc(C(C)[N+](=O)[O-])cc1. The molecule has 2 rings (SSSR count). The topological polar surface area (TPSA) is 101 Å². The molecule has 0 aliphatic heterocycles. The quantitative estimate of drug-likeness (QED) is 0.615. The van der Waals surface area contributed by atoms with Crippen LogP contribution in [0.1, 0.15) is 50.9 Å². The largest absolute Gasteiger partial charge is 0.350 e. The first-order chi connectivity index (χ1) is 12.7. The minimum absolute atomic E-state index is 0.00588. The molecule has 2 unspecified atom stereocenters. The van der Waals surface area contributed by atoms with Gasteiger partial charge in [0.2, 0.25) is 17.9 Å². The van der Waals surface area contributed by atoms with E-state index in [9.17, 15) is 19.7 Å². The van der Waals surface area contributed by atoms with Crippen LogP contribution in [-0.4, -0.2) is 16.7 Å². The van der Waals surface area contributed by atoms with E-state index >= 15 is 0 Å². The third kappa shape index (κ3) is 8.13. The van der Waals surface area contributed by atoms with Crippen LogP contribution in [0, 0.1) is 10.1 Å². The standard InChI is InChI=1S/C10H12N2O3.C10H13NO/c1-7(12(14)15)9-3-5-10(6-4-9)11-8(2)13;1-8(11-9(2)12)10-6-4-3-5-7-10/h3-7H,1-2H3,(H,11,13);3-8H,1-2H3,(H,11,12). The van der Waals surface area contributed by atoms with Gasteiger partial charge in [0.25, 0.3) is 0 Å². The van der Waals surface area contributed by atoms with Crippen molar-refractivity contribution in [1.82, 2.24) is 5.32 Å². The zero-order chi connectivity index (χ0) is 20.4. The average Bonchev–Trinajstić information content (AvgIpc) is 2.62. The summed E-state index contributed by atoms with van der Waals surface area (Å²) in [6.07, 6.45) is 0. The van der Waals surface area contributed by atoms with Crippen LogP contribution in [0.5, 0.6) is 0 Å². The van der Waals surface area contributed by atoms with E-state index in [1.54, 1.807) is 24.3 Å². The lowest BCUT2D eigenvalue weighted by atomic mass is 10.1. The molecule has 0 heterocycles. The maximum atomic E-state index is 10.7. The van der Waals surface area contributed by atoms with E-state index in [1.807, 2.05) is 37.3 Å². The lowest BCUT2D eigenvalue weighted by Crippen LogP contribution is -2.23. The van der Waals surface area contributed by atoms with Gasteiger partial charge in [-0.25, -0.2) is 0 Å². The van der Waals surface area contributed by atoms with Gasteiger partial charge in [-0.2, -0.15) is 0 Å². The number of carbonyl (C=O) groups excluding carboxylic acids is 2. The Morgan fingerprint density at radius 1 is 0.889 bits per heavy atom. The van der Waals surface area contributed by atoms with Gasteiger partial charge in [0.15, 0.2) is 0 Å². The Balaban J connectivity index is 0.000000277. The molecule has 2 aromatic carbocycles. The molecule has 0 saturated carbocycles. The smallest absolute Gasteiger partial charge is 0.235 e. The molecule has 27 heavy (non-hydrogen) atoms. The van der Waals surface area contributed by atoms with Gasteiger partial charge in [-0.05, 0) is 24.6 Å². The number of hydrogen-bond donors (Lipinski definition) is 2. The van der Waals surface area contributed by atoms with Crippen LogP contribution in [0.4, 0.5) is 5.69 Å². The van der Waals surface area contributed by atoms with E-state index in [1.165, 1.54) is 20.8 Å². The summed E-state index contributed by atoms with van der Waals surface area (Å²) in [5.41, 5.74) is 2.39. The second-order valence-electron chi connectivity index (χ2n) is 6.10. The Hall–Kier alpha value is -3.22. The van der Waals surface area contributed by atoms with Crippen LogP contribution >= 0.6 is 0 Å². The summed E-state index contributed by atoms with van der Waals surface area (Å²) in [6, 6.07) is 15.8. The van der Waals surface area contributed by atoms with Crippen molar-refractivity contribution in [2.24, 2.45) is 0 Å². The highest BCUT2D eigenvalue weighted by atomic mass is 16.6. The van der Waals surface area contributed by atoms with E-state index in [2.05, 4.69) is 10.6 Å². The molecule has 2 amide bonds. The molecule has 7 nitrogen and oxygen atoms in total. The molecular formula is C20H25N3O4. The van der Waals surface area contributed by atoms with Crippen LogP contribution in [-0.2, 0) is 9.59 Å². The van der Waals surface area contributed by atoms with Crippen molar-refractivity contribution in [3.05, 3.63) is 75.8 Å². The Kier molecular flexibility index (Phi) is 8.65. The highest BCUT2D eigenvalue weighted by molar-refractivity contribution is 5.88. The van der Waals surface area contributed by atoms with Gasteiger partial charge in [0, 0.05) is 36.9 Å². The predicted octanol–water partition coefficient (Wildman–Crippen LogP) is 3.87. The summed E-state index contributed by atoms with van der Waals surface area (Å²) in [5.74, 6) is -0.156. The highest BCUT2D eigenvalue weighted by Gasteiger charge is 2.15. The molecule has 0 aliphatic rings. The third-order valence-corrected chi connectivity index (χ3v) is 3.75. The molecule has 0 fully saturated rings. The molecule has 2 N–H and O–H groups in total. The van der Waals surface area contributed by atoms with Crippen molar-refractivity contribution in [2.45, 2.75) is 39.8 Å². The van der Waals surface area contributed by atoms with Gasteiger partial charge < -0.3 is 10.6 Å². The fourth-order valence-corrected chi connectivity index (χ4v) is 2.30. The van der Waals surface area contributed by atoms with Gasteiger partial charge in [0.05, 0.1) is 6.04 Å². The predicted molar refractivity (Wildman–Crippen MR) is 105 cm³/mol. The first kappa shape index (κ1) is 21.8. The van der Waals surface area contributed by atoms with Crippen molar-refractivity contribution in [2.75, 3.05) is 5.32 Å². The molecule has 2 aromatic rings. The van der Waals surface area contributed by atoms with Gasteiger partial charge in [-0.1, -0.05) is 42.5 Å². The van der Waals surface area contributed by atoms with Crippen molar-refractivity contribution < 1.29 is 14.5 Å². The Labute approximate surface area is 158 Å². The number of hydrogen-bond acceptors (Lipinski definition) is 4. The molecule has 0 spiro atoms. The molecule has 7 heteroatoms. The summed E-state index contributed by atoms with van der Waals surface area (Å²) in [5, 5.41) is 15.9. The van der Waals surface area contributed by atoms with E-state index in [0.717, 1.165) is 5.56 Å². The first-order valence-corrected chi connectivity index (χ1v) is 8.53. The zero-order valence-corrected chi connectivity index (χ0v) is 15.9. The number of benzene rings is 2. The Morgan fingerprint density at radius 3 is 1.89 bits per heavy atom. The number of anilines is 1. The summed E-state index contributed by atoms with van der Waals surface area (Å²) >= 11 is 0. The van der Waals surface area contributed by atoms with Crippen LogP contribution in [0.15, 0.2) is 54.6 Å². The van der Waals surface area contributed by atoms with Crippen molar-refractivity contribution >= 4 is 17.5 Å². The molecule has 0 saturated heterocycles. The molecule has 0 bridgehead atoms. The lowest BCUT2D eigenvalue weighted by Gasteiger charge is -2.11. The maximum absolute atomic E-state index is 10.7. The van der Waals surface area contributed by atoms with Crippen molar-refractivity contribution in [3.8, 4) is 0 Å². The average molecular weight is 371 g/mol. The number of carbonyl (C=O) groups is 2. The Morgan fingerprint density at radius 2 is 1.44 bits per heavy atom. The van der Waals surface area contributed by atoms with E-state index in [-0.39, 0.29) is 22.8 Å². The number of amides is 2. The monoisotopic (exact) mass is 371 g/mol.